The van der Waals surface area contributed by atoms with Crippen molar-refractivity contribution in [3.05, 3.63) is 34.3 Å². The van der Waals surface area contributed by atoms with Crippen LogP contribution in [0.4, 0.5) is 0 Å². The van der Waals surface area contributed by atoms with Crippen LogP contribution in [0.2, 0.25) is 0 Å². The fraction of sp³-hybridized carbons (Fsp3) is 0.600. The Morgan fingerprint density at radius 2 is 2.05 bits per heavy atom. The van der Waals surface area contributed by atoms with Crippen LogP contribution in [0.3, 0.4) is 0 Å². The molecule has 0 aliphatic carbocycles. The highest BCUT2D eigenvalue weighted by Crippen LogP contribution is 2.24. The number of halogens is 1. The molecule has 1 fully saturated rings. The lowest BCUT2D eigenvalue weighted by molar-refractivity contribution is 0.0304. The van der Waals surface area contributed by atoms with Crippen molar-refractivity contribution in [2.75, 3.05) is 6.54 Å². The second-order valence-electron chi connectivity index (χ2n) is 5.51. The molecule has 1 aromatic rings. The second-order valence-corrected chi connectivity index (χ2v) is 6.42. The van der Waals surface area contributed by atoms with Gasteiger partial charge in [0.15, 0.2) is 0 Å². The van der Waals surface area contributed by atoms with Crippen molar-refractivity contribution in [1.82, 2.24) is 10.4 Å². The normalized spacial score (nSPS) is 26.3. The molecule has 1 aliphatic heterocycles. The SMILES string of the molecule is CC1CCCC(C)N1NC(CN)c1cccc(Br)c1. The van der Waals surface area contributed by atoms with Gasteiger partial charge in [0, 0.05) is 23.1 Å². The molecular weight excluding hydrogens is 302 g/mol. The van der Waals surface area contributed by atoms with Crippen molar-refractivity contribution in [2.24, 2.45) is 5.73 Å². The Bertz CT molecular complexity index is 400. The Morgan fingerprint density at radius 3 is 2.63 bits per heavy atom. The number of nitrogens with two attached hydrogens (primary N) is 1. The van der Waals surface area contributed by atoms with Crippen molar-refractivity contribution in [1.29, 1.82) is 0 Å². The van der Waals surface area contributed by atoms with E-state index in [0.717, 1.165) is 4.47 Å². The van der Waals surface area contributed by atoms with Crippen molar-refractivity contribution in [3.63, 3.8) is 0 Å². The highest BCUT2D eigenvalue weighted by atomic mass is 79.9. The fourth-order valence-corrected chi connectivity index (χ4v) is 3.26. The second kappa shape index (κ2) is 6.84. The lowest BCUT2D eigenvalue weighted by Gasteiger charge is -2.41. The molecule has 0 aromatic heterocycles. The van der Waals surface area contributed by atoms with Gasteiger partial charge in [-0.05, 0) is 44.4 Å². The first-order valence-corrected chi connectivity index (χ1v) is 7.91. The average molecular weight is 326 g/mol. The van der Waals surface area contributed by atoms with E-state index in [0.29, 0.717) is 18.6 Å². The van der Waals surface area contributed by atoms with Crippen LogP contribution < -0.4 is 11.2 Å². The molecule has 19 heavy (non-hydrogen) atoms. The number of nitrogens with one attached hydrogen (secondary N) is 1. The van der Waals surface area contributed by atoms with Crippen LogP contribution in [-0.4, -0.2) is 23.6 Å². The smallest absolute Gasteiger partial charge is 0.0587 e. The van der Waals surface area contributed by atoms with Gasteiger partial charge in [-0.2, -0.15) is 0 Å². The minimum atomic E-state index is 0.181. The maximum absolute atomic E-state index is 5.96. The fourth-order valence-electron chi connectivity index (χ4n) is 2.84. The monoisotopic (exact) mass is 325 g/mol. The van der Waals surface area contributed by atoms with Crippen LogP contribution in [0, 0.1) is 0 Å². The van der Waals surface area contributed by atoms with E-state index < -0.39 is 0 Å². The zero-order valence-corrected chi connectivity index (χ0v) is 13.4. The maximum atomic E-state index is 5.96. The van der Waals surface area contributed by atoms with E-state index in [1.54, 1.807) is 0 Å². The van der Waals surface area contributed by atoms with Crippen LogP contribution in [0.5, 0.6) is 0 Å². The van der Waals surface area contributed by atoms with Gasteiger partial charge in [0.05, 0.1) is 6.04 Å². The predicted molar refractivity (Wildman–Crippen MR) is 83.7 cm³/mol. The summed E-state index contributed by atoms with van der Waals surface area (Å²) in [7, 11) is 0. The number of piperidine rings is 1. The van der Waals surface area contributed by atoms with Gasteiger partial charge in [0.25, 0.3) is 0 Å². The first-order chi connectivity index (χ1) is 9.11. The molecule has 0 saturated carbocycles. The highest BCUT2D eigenvalue weighted by Gasteiger charge is 2.26. The summed E-state index contributed by atoms with van der Waals surface area (Å²) in [6, 6.07) is 9.71. The van der Waals surface area contributed by atoms with Gasteiger partial charge >= 0.3 is 0 Å². The molecule has 1 saturated heterocycles. The zero-order chi connectivity index (χ0) is 13.8. The molecule has 3 nitrogen and oxygen atoms in total. The summed E-state index contributed by atoms with van der Waals surface area (Å²) in [5.41, 5.74) is 10.8. The lowest BCUT2D eigenvalue weighted by atomic mass is 9.99. The average Bonchev–Trinajstić information content (AvgIpc) is 2.38. The molecule has 1 aliphatic rings. The summed E-state index contributed by atoms with van der Waals surface area (Å²) < 4.78 is 1.10. The Kier molecular flexibility index (Phi) is 5.39. The quantitative estimate of drug-likeness (QED) is 0.893. The largest absolute Gasteiger partial charge is 0.329 e. The van der Waals surface area contributed by atoms with Gasteiger partial charge in [0.2, 0.25) is 0 Å². The van der Waals surface area contributed by atoms with Crippen molar-refractivity contribution in [3.8, 4) is 0 Å². The Labute approximate surface area is 124 Å². The minimum absolute atomic E-state index is 0.181. The summed E-state index contributed by atoms with van der Waals surface area (Å²) in [6.07, 6.45) is 3.84. The van der Waals surface area contributed by atoms with Crippen LogP contribution in [0.15, 0.2) is 28.7 Å². The molecule has 1 aromatic carbocycles. The number of hydrogen-bond acceptors (Lipinski definition) is 3. The molecule has 3 unspecified atom stereocenters. The van der Waals surface area contributed by atoms with E-state index in [4.69, 9.17) is 5.73 Å². The molecule has 0 spiro atoms. The first-order valence-electron chi connectivity index (χ1n) is 7.12. The van der Waals surface area contributed by atoms with E-state index in [-0.39, 0.29) is 6.04 Å². The molecule has 3 N–H and O–H groups in total. The number of rotatable bonds is 4. The molecule has 0 amide bonds. The highest BCUT2D eigenvalue weighted by molar-refractivity contribution is 9.10. The Morgan fingerprint density at radius 1 is 1.37 bits per heavy atom. The molecule has 0 bridgehead atoms. The summed E-state index contributed by atoms with van der Waals surface area (Å²) in [4.78, 5) is 0. The number of benzene rings is 1. The van der Waals surface area contributed by atoms with E-state index in [2.05, 4.69) is 58.4 Å². The Balaban J connectivity index is 2.10. The molecule has 4 heteroatoms. The summed E-state index contributed by atoms with van der Waals surface area (Å²) in [5, 5.41) is 2.39. The van der Waals surface area contributed by atoms with Crippen LogP contribution in [-0.2, 0) is 0 Å². The molecule has 0 radical (unpaired) electrons. The van der Waals surface area contributed by atoms with Gasteiger partial charge in [-0.1, -0.05) is 34.5 Å². The number of hydrazine groups is 1. The minimum Gasteiger partial charge on any atom is -0.329 e. The lowest BCUT2D eigenvalue weighted by Crippen LogP contribution is -2.54. The van der Waals surface area contributed by atoms with Gasteiger partial charge in [0.1, 0.15) is 0 Å². The van der Waals surface area contributed by atoms with Gasteiger partial charge < -0.3 is 5.73 Å². The third-order valence-electron chi connectivity index (χ3n) is 3.99. The number of nitrogens with zero attached hydrogens (tertiary/aromatic N) is 1. The summed E-state index contributed by atoms with van der Waals surface area (Å²) in [5.74, 6) is 0. The van der Waals surface area contributed by atoms with Crippen LogP contribution in [0.1, 0.15) is 44.7 Å². The molecular formula is C15H24BrN3. The van der Waals surface area contributed by atoms with Gasteiger partial charge in [-0.15, -0.1) is 0 Å². The van der Waals surface area contributed by atoms with E-state index >= 15 is 0 Å². The molecule has 2 rings (SSSR count). The third kappa shape index (κ3) is 3.78. The first kappa shape index (κ1) is 15.0. The standard InChI is InChI=1S/C15H24BrN3/c1-11-5-3-6-12(2)19(11)18-15(10-17)13-7-4-8-14(16)9-13/h4,7-9,11-12,15,18H,3,5-6,10,17H2,1-2H3. The zero-order valence-electron chi connectivity index (χ0n) is 11.8. The summed E-state index contributed by atoms with van der Waals surface area (Å²) >= 11 is 3.53. The van der Waals surface area contributed by atoms with Gasteiger partial charge in [-0.3, -0.25) is 0 Å². The third-order valence-corrected chi connectivity index (χ3v) is 4.48. The molecule has 1 heterocycles. The Hall–Kier alpha value is -0.420. The predicted octanol–water partition coefficient (Wildman–Crippen LogP) is 3.22. The molecule has 3 atom stereocenters. The van der Waals surface area contributed by atoms with Crippen molar-refractivity contribution < 1.29 is 0 Å². The topological polar surface area (TPSA) is 41.3 Å². The maximum Gasteiger partial charge on any atom is 0.0587 e. The van der Waals surface area contributed by atoms with Crippen molar-refractivity contribution in [2.45, 2.75) is 51.2 Å². The van der Waals surface area contributed by atoms with E-state index in [1.807, 2.05) is 6.07 Å². The van der Waals surface area contributed by atoms with Gasteiger partial charge in [-0.25, -0.2) is 10.4 Å². The van der Waals surface area contributed by atoms with Crippen LogP contribution in [0.25, 0.3) is 0 Å². The van der Waals surface area contributed by atoms with Crippen LogP contribution >= 0.6 is 15.9 Å². The molecule has 106 valence electrons. The van der Waals surface area contributed by atoms with E-state index in [1.165, 1.54) is 24.8 Å². The van der Waals surface area contributed by atoms with E-state index in [9.17, 15) is 0 Å². The van der Waals surface area contributed by atoms with Crippen molar-refractivity contribution >= 4 is 15.9 Å². The summed E-state index contributed by atoms with van der Waals surface area (Å²) in [6.45, 7) is 5.18. The number of hydrogen-bond donors (Lipinski definition) is 2.